The van der Waals surface area contributed by atoms with E-state index in [0.717, 1.165) is 39.1 Å². The zero-order valence-corrected chi connectivity index (χ0v) is 18.0. The van der Waals surface area contributed by atoms with Crippen molar-refractivity contribution in [2.75, 3.05) is 0 Å². The van der Waals surface area contributed by atoms with Crippen molar-refractivity contribution in [2.24, 2.45) is 4.40 Å². The van der Waals surface area contributed by atoms with Crippen LogP contribution in [0.5, 0.6) is 0 Å². The number of hydrogen-bond donors (Lipinski definition) is 0. The first-order valence-corrected chi connectivity index (χ1v) is 10.5. The molecule has 29 heavy (non-hydrogen) atoms. The number of nitrogens with zero attached hydrogens (tertiary/aromatic N) is 5. The molecule has 1 atom stereocenters. The molecule has 0 saturated carbocycles. The summed E-state index contributed by atoms with van der Waals surface area (Å²) in [5.41, 5.74) is 5.11. The average molecular weight is 406 g/mol. The summed E-state index contributed by atoms with van der Waals surface area (Å²) in [4.78, 5) is 4.98. The number of aryl methyl sites for hydroxylation is 1. The van der Waals surface area contributed by atoms with Crippen molar-refractivity contribution in [3.63, 3.8) is 0 Å². The van der Waals surface area contributed by atoms with Crippen LogP contribution in [-0.2, 0) is 11.4 Å². The molecule has 4 rings (SSSR count). The van der Waals surface area contributed by atoms with Gasteiger partial charge in [0.2, 0.25) is 0 Å². The Morgan fingerprint density at radius 3 is 2.55 bits per heavy atom. The van der Waals surface area contributed by atoms with Gasteiger partial charge in [0.25, 0.3) is 0 Å². The Morgan fingerprint density at radius 2 is 1.86 bits per heavy atom. The minimum absolute atomic E-state index is 0.427. The van der Waals surface area contributed by atoms with Crippen molar-refractivity contribution < 1.29 is 4.55 Å². The summed E-state index contributed by atoms with van der Waals surface area (Å²) in [5, 5.41) is 9.36. The van der Waals surface area contributed by atoms with Gasteiger partial charge in [-0.3, -0.25) is 4.40 Å². The third-order valence-corrected chi connectivity index (χ3v) is 6.14. The molecule has 0 unspecified atom stereocenters. The van der Waals surface area contributed by atoms with Gasteiger partial charge in [-0.05, 0) is 52.3 Å². The number of aromatic nitrogens is 4. The van der Waals surface area contributed by atoms with Crippen LogP contribution in [0, 0.1) is 6.92 Å². The Morgan fingerprint density at radius 1 is 1.14 bits per heavy atom. The van der Waals surface area contributed by atoms with Gasteiger partial charge in [0.05, 0.1) is 11.2 Å². The third kappa shape index (κ3) is 3.63. The van der Waals surface area contributed by atoms with E-state index in [9.17, 15) is 4.55 Å². The van der Waals surface area contributed by atoms with Gasteiger partial charge < -0.3 is 4.55 Å². The summed E-state index contributed by atoms with van der Waals surface area (Å²) in [6.45, 7) is 9.66. The second-order valence-electron chi connectivity index (χ2n) is 8.07. The molecule has 0 aliphatic carbocycles. The maximum Gasteiger partial charge on any atom is 0.171 e. The molecule has 0 radical (unpaired) electrons. The highest BCUT2D eigenvalue weighted by atomic mass is 32.2. The molecule has 4 aromatic rings. The lowest BCUT2D eigenvalue weighted by molar-refractivity contribution is 0.561. The van der Waals surface area contributed by atoms with Crippen molar-refractivity contribution in [1.29, 1.82) is 0 Å². The Balaban J connectivity index is 2.03. The van der Waals surface area contributed by atoms with E-state index in [-0.39, 0.29) is 0 Å². The van der Waals surface area contributed by atoms with Crippen molar-refractivity contribution in [1.82, 2.24) is 19.6 Å². The van der Waals surface area contributed by atoms with Gasteiger partial charge in [0.15, 0.2) is 5.65 Å². The van der Waals surface area contributed by atoms with E-state index in [1.165, 1.54) is 0 Å². The standard InChI is InChI=1S/C22H23N5OS/c1-14-11-17(15(2)26-29(28)22(3,4)5)19-18(12-14)21-25-23-13-27(21)20(24-19)16-9-7-6-8-10-16/h6-13H,1-5H3/t29-/m1/s1. The van der Waals surface area contributed by atoms with Crippen LogP contribution in [0.1, 0.15) is 38.8 Å². The molecule has 0 bridgehead atoms. The fraction of sp³-hybridized carbons (Fsp3) is 0.273. The molecule has 0 amide bonds. The van der Waals surface area contributed by atoms with Crippen LogP contribution >= 0.6 is 0 Å². The van der Waals surface area contributed by atoms with E-state index < -0.39 is 16.1 Å². The quantitative estimate of drug-likeness (QED) is 0.371. The number of fused-ring (bicyclic) bond motifs is 3. The molecular weight excluding hydrogens is 382 g/mol. The van der Waals surface area contributed by atoms with E-state index in [0.29, 0.717) is 5.71 Å². The molecule has 6 nitrogen and oxygen atoms in total. The average Bonchev–Trinajstić information content (AvgIpc) is 3.17. The summed E-state index contributed by atoms with van der Waals surface area (Å²) in [5.74, 6) is 0.757. The Bertz CT molecular complexity index is 1220. The predicted octanol–water partition coefficient (Wildman–Crippen LogP) is 4.52. The lowest BCUT2D eigenvalue weighted by Crippen LogP contribution is -2.26. The van der Waals surface area contributed by atoms with Crippen molar-refractivity contribution >= 4 is 33.6 Å². The molecule has 0 N–H and O–H groups in total. The van der Waals surface area contributed by atoms with Gasteiger partial charge in [-0.15, -0.1) is 10.2 Å². The highest BCUT2D eigenvalue weighted by Crippen LogP contribution is 2.29. The van der Waals surface area contributed by atoms with Crippen LogP contribution in [0.25, 0.3) is 27.9 Å². The molecule has 7 heteroatoms. The van der Waals surface area contributed by atoms with Crippen LogP contribution in [0.3, 0.4) is 0 Å². The predicted molar refractivity (Wildman–Crippen MR) is 119 cm³/mol. The number of rotatable bonds is 3. The normalized spacial score (nSPS) is 13.9. The first-order chi connectivity index (χ1) is 13.8. The second-order valence-corrected chi connectivity index (χ2v) is 9.98. The van der Waals surface area contributed by atoms with E-state index in [4.69, 9.17) is 4.98 Å². The fourth-order valence-electron chi connectivity index (χ4n) is 3.18. The third-order valence-electron chi connectivity index (χ3n) is 4.65. The van der Waals surface area contributed by atoms with E-state index in [1.807, 2.05) is 75.4 Å². The Kier molecular flexibility index (Phi) is 4.88. The first-order valence-electron chi connectivity index (χ1n) is 9.43. The minimum Gasteiger partial charge on any atom is -0.591 e. The molecule has 0 saturated heterocycles. The summed E-state index contributed by atoms with van der Waals surface area (Å²) in [6, 6.07) is 14.0. The number of hydrogen-bond acceptors (Lipinski definition) is 5. The molecule has 0 aliphatic rings. The SMILES string of the molecule is CC(=N[S@+]([O-])C(C)(C)C)c1cc(C)cc2c1nc(-c1ccccc1)n1cnnc21. The molecule has 0 aliphatic heterocycles. The van der Waals surface area contributed by atoms with E-state index in [2.05, 4.69) is 20.7 Å². The summed E-state index contributed by atoms with van der Waals surface area (Å²) >= 11 is -1.35. The molecule has 2 aromatic heterocycles. The number of benzene rings is 2. The fourth-order valence-corrected chi connectivity index (χ4v) is 3.80. The van der Waals surface area contributed by atoms with Crippen LogP contribution in [0.4, 0.5) is 0 Å². The van der Waals surface area contributed by atoms with Gasteiger partial charge >= 0.3 is 0 Å². The molecule has 2 heterocycles. The molecule has 148 valence electrons. The summed E-state index contributed by atoms with van der Waals surface area (Å²) in [6.07, 6.45) is 1.68. The van der Waals surface area contributed by atoms with Crippen molar-refractivity contribution in [2.45, 2.75) is 39.4 Å². The van der Waals surface area contributed by atoms with Gasteiger partial charge in [-0.1, -0.05) is 34.7 Å². The Labute approximate surface area is 173 Å². The van der Waals surface area contributed by atoms with Gasteiger partial charge in [0, 0.05) is 16.5 Å². The monoisotopic (exact) mass is 405 g/mol. The van der Waals surface area contributed by atoms with Crippen molar-refractivity contribution in [3.8, 4) is 11.4 Å². The highest BCUT2D eigenvalue weighted by Gasteiger charge is 2.27. The molecule has 0 fully saturated rings. The summed E-state index contributed by atoms with van der Waals surface area (Å²) < 4.78 is 18.6. The van der Waals surface area contributed by atoms with Gasteiger partial charge in [-0.2, -0.15) is 0 Å². The lowest BCUT2D eigenvalue weighted by atomic mass is 10.0. The molecular formula is C22H23N5OS. The maximum atomic E-state index is 12.6. The maximum absolute atomic E-state index is 12.6. The minimum atomic E-state index is -1.35. The zero-order valence-electron chi connectivity index (χ0n) is 17.2. The Hall–Kier alpha value is -2.77. The van der Waals surface area contributed by atoms with Crippen LogP contribution in [0.15, 0.2) is 53.2 Å². The van der Waals surface area contributed by atoms with Crippen LogP contribution < -0.4 is 0 Å². The topological polar surface area (TPSA) is 78.5 Å². The smallest absolute Gasteiger partial charge is 0.171 e. The summed E-state index contributed by atoms with van der Waals surface area (Å²) in [7, 11) is 0. The van der Waals surface area contributed by atoms with E-state index in [1.54, 1.807) is 6.33 Å². The van der Waals surface area contributed by atoms with Crippen molar-refractivity contribution in [3.05, 3.63) is 59.9 Å². The lowest BCUT2D eigenvalue weighted by Gasteiger charge is -2.19. The van der Waals surface area contributed by atoms with Crippen LogP contribution in [-0.4, -0.2) is 34.6 Å². The van der Waals surface area contributed by atoms with Gasteiger partial charge in [0.1, 0.15) is 28.3 Å². The first kappa shape index (κ1) is 19.5. The van der Waals surface area contributed by atoms with E-state index >= 15 is 0 Å². The van der Waals surface area contributed by atoms with Gasteiger partial charge in [-0.25, -0.2) is 4.98 Å². The largest absolute Gasteiger partial charge is 0.591 e. The zero-order chi connectivity index (χ0) is 20.8. The highest BCUT2D eigenvalue weighted by molar-refractivity contribution is 7.91. The molecule has 0 spiro atoms. The molecule has 2 aromatic carbocycles. The van der Waals surface area contributed by atoms with Crippen LogP contribution in [0.2, 0.25) is 0 Å². The second kappa shape index (κ2) is 7.24.